The number of nitrogens with one attached hydrogen (secondary N) is 1. The van der Waals surface area contributed by atoms with E-state index in [1.165, 1.54) is 24.1 Å². The number of amides is 1. The fraction of sp³-hybridized carbons (Fsp3) is 0.593. The highest BCUT2D eigenvalue weighted by atomic mass is 32.2. The van der Waals surface area contributed by atoms with Gasteiger partial charge in [-0.25, -0.2) is 8.42 Å². The van der Waals surface area contributed by atoms with Crippen LogP contribution in [0.3, 0.4) is 0 Å². The van der Waals surface area contributed by atoms with E-state index in [4.69, 9.17) is 4.74 Å². The molecule has 214 valence electrons. The molecule has 1 fully saturated rings. The number of hydrogen-bond donors (Lipinski definition) is 1. The highest BCUT2D eigenvalue weighted by Crippen LogP contribution is 2.42. The van der Waals surface area contributed by atoms with Crippen molar-refractivity contribution in [1.82, 2.24) is 15.1 Å². The minimum Gasteiger partial charge on any atom is -0.496 e. The molecular formula is C27H35F3N4O4S. The molecule has 1 N–H and O–H groups in total. The van der Waals surface area contributed by atoms with Crippen molar-refractivity contribution in [3.05, 3.63) is 35.0 Å². The van der Waals surface area contributed by atoms with Crippen molar-refractivity contribution in [1.29, 1.82) is 5.26 Å². The first-order valence-electron chi connectivity index (χ1n) is 12.8. The summed E-state index contributed by atoms with van der Waals surface area (Å²) in [4.78, 5) is 13.1. The van der Waals surface area contributed by atoms with E-state index < -0.39 is 27.3 Å². The molecule has 2 aromatic rings. The average molecular weight is 569 g/mol. The molecule has 0 spiro atoms. The summed E-state index contributed by atoms with van der Waals surface area (Å²) < 4.78 is 70.9. The molecule has 0 radical (unpaired) electrons. The predicted octanol–water partition coefficient (Wildman–Crippen LogP) is 4.91. The Bertz CT molecular complexity index is 1350. The topological polar surface area (TPSA) is 114 Å². The van der Waals surface area contributed by atoms with Crippen LogP contribution in [-0.2, 0) is 22.8 Å². The largest absolute Gasteiger partial charge is 0.496 e. The van der Waals surface area contributed by atoms with E-state index in [0.717, 1.165) is 13.8 Å². The molecule has 1 aromatic carbocycles. The highest BCUT2D eigenvalue weighted by molar-refractivity contribution is 7.91. The van der Waals surface area contributed by atoms with Crippen LogP contribution in [0.25, 0.3) is 11.3 Å². The third-order valence-corrected chi connectivity index (χ3v) is 9.15. The normalized spacial score (nSPS) is 18.4. The standard InChI is InChI=1S/C27H35F3N4O4S/c1-6-34-24(20-12-9-18(13-22(20)38-4)14-26(2,3)27(28,29)30)21(15-31)23(33-34)25(35)32-16-17-7-10-19(11-8-17)39(5,36)37/h9,12-13,17,19H,6-8,10-11,14,16H2,1-5H3,(H,32,35)/t17-,19-. The summed E-state index contributed by atoms with van der Waals surface area (Å²) in [5.41, 5.74) is -0.757. The van der Waals surface area contributed by atoms with Gasteiger partial charge in [-0.15, -0.1) is 0 Å². The number of aromatic nitrogens is 2. The Morgan fingerprint density at radius 3 is 2.38 bits per heavy atom. The predicted molar refractivity (Wildman–Crippen MR) is 141 cm³/mol. The zero-order valence-electron chi connectivity index (χ0n) is 22.9. The highest BCUT2D eigenvalue weighted by Gasteiger charge is 2.47. The SMILES string of the molecule is CCn1nc(C(=O)NC[C@H]2CC[C@H](S(C)(=O)=O)CC2)c(C#N)c1-c1ccc(CC(C)(C)C(F)(F)F)cc1OC. The molecule has 1 aliphatic rings. The number of methoxy groups -OCH3 is 1. The van der Waals surface area contributed by atoms with Crippen LogP contribution in [-0.4, -0.2) is 55.4 Å². The number of alkyl halides is 3. The van der Waals surface area contributed by atoms with Gasteiger partial charge >= 0.3 is 6.18 Å². The number of nitrogens with zero attached hydrogens (tertiary/aromatic N) is 3. The lowest BCUT2D eigenvalue weighted by molar-refractivity contribution is -0.211. The van der Waals surface area contributed by atoms with Gasteiger partial charge in [0.2, 0.25) is 0 Å². The second kappa shape index (κ2) is 11.6. The summed E-state index contributed by atoms with van der Waals surface area (Å²) in [6.45, 7) is 4.73. The quantitative estimate of drug-likeness (QED) is 0.460. The lowest BCUT2D eigenvalue weighted by atomic mass is 9.84. The Kier molecular flexibility index (Phi) is 9.05. The van der Waals surface area contributed by atoms with Gasteiger partial charge in [-0.3, -0.25) is 9.48 Å². The van der Waals surface area contributed by atoms with Crippen molar-refractivity contribution in [2.24, 2.45) is 11.3 Å². The third kappa shape index (κ3) is 6.75. The molecule has 0 atom stereocenters. The molecule has 12 heteroatoms. The Balaban J connectivity index is 1.85. The molecular weight excluding hydrogens is 533 g/mol. The zero-order chi connectivity index (χ0) is 29.2. The fourth-order valence-corrected chi connectivity index (χ4v) is 6.09. The summed E-state index contributed by atoms with van der Waals surface area (Å²) >= 11 is 0. The lowest BCUT2D eigenvalue weighted by Crippen LogP contribution is -2.34. The number of hydrogen-bond acceptors (Lipinski definition) is 6. The van der Waals surface area contributed by atoms with Gasteiger partial charge in [0.1, 0.15) is 27.2 Å². The first-order valence-corrected chi connectivity index (χ1v) is 14.8. The molecule has 0 bridgehead atoms. The number of carbonyl (C=O) groups is 1. The Morgan fingerprint density at radius 1 is 1.23 bits per heavy atom. The number of sulfone groups is 1. The maximum atomic E-state index is 13.4. The Hall–Kier alpha value is -3.07. The minimum atomic E-state index is -4.39. The van der Waals surface area contributed by atoms with Crippen LogP contribution >= 0.6 is 0 Å². The average Bonchev–Trinajstić information content (AvgIpc) is 3.24. The van der Waals surface area contributed by atoms with Crippen molar-refractivity contribution in [2.45, 2.75) is 70.8 Å². The van der Waals surface area contributed by atoms with Gasteiger partial charge in [-0.2, -0.15) is 23.5 Å². The third-order valence-electron chi connectivity index (χ3n) is 7.46. The summed E-state index contributed by atoms with van der Waals surface area (Å²) in [7, 11) is -1.69. The molecule has 1 heterocycles. The van der Waals surface area contributed by atoms with Gasteiger partial charge in [0.05, 0.1) is 23.5 Å². The molecule has 0 unspecified atom stereocenters. The van der Waals surface area contributed by atoms with Crippen LogP contribution in [0, 0.1) is 22.7 Å². The van der Waals surface area contributed by atoms with Gasteiger partial charge in [-0.05, 0) is 62.6 Å². The van der Waals surface area contributed by atoms with Gasteiger partial charge in [0, 0.05) is 24.9 Å². The summed E-state index contributed by atoms with van der Waals surface area (Å²) in [6, 6.07) is 6.74. The summed E-state index contributed by atoms with van der Waals surface area (Å²) in [5, 5.41) is 16.9. The number of ether oxygens (including phenoxy) is 1. The lowest BCUT2D eigenvalue weighted by Gasteiger charge is -2.28. The number of carbonyl (C=O) groups excluding carboxylic acids is 1. The number of rotatable bonds is 9. The van der Waals surface area contributed by atoms with Gasteiger partial charge in [-0.1, -0.05) is 19.9 Å². The van der Waals surface area contributed by atoms with Crippen LogP contribution < -0.4 is 10.1 Å². The maximum Gasteiger partial charge on any atom is 0.394 e. The molecule has 8 nitrogen and oxygen atoms in total. The van der Waals surface area contributed by atoms with Crippen molar-refractivity contribution in [3.8, 4) is 23.1 Å². The number of nitriles is 1. The van der Waals surface area contributed by atoms with E-state index in [2.05, 4.69) is 16.5 Å². The first kappa shape index (κ1) is 30.5. The zero-order valence-corrected chi connectivity index (χ0v) is 23.7. The van der Waals surface area contributed by atoms with Crippen LogP contribution in [0.2, 0.25) is 0 Å². The smallest absolute Gasteiger partial charge is 0.394 e. The van der Waals surface area contributed by atoms with Crippen molar-refractivity contribution >= 4 is 15.7 Å². The van der Waals surface area contributed by atoms with Crippen LogP contribution in [0.4, 0.5) is 13.2 Å². The monoisotopic (exact) mass is 568 g/mol. The van der Waals surface area contributed by atoms with E-state index in [1.807, 2.05) is 0 Å². The van der Waals surface area contributed by atoms with Crippen molar-refractivity contribution in [2.75, 3.05) is 19.9 Å². The van der Waals surface area contributed by atoms with Crippen LogP contribution in [0.15, 0.2) is 18.2 Å². The van der Waals surface area contributed by atoms with E-state index >= 15 is 0 Å². The van der Waals surface area contributed by atoms with E-state index in [-0.39, 0.29) is 34.6 Å². The molecule has 1 aliphatic carbocycles. The maximum absolute atomic E-state index is 13.4. The summed E-state index contributed by atoms with van der Waals surface area (Å²) in [5.74, 6) is -0.127. The van der Waals surface area contributed by atoms with Gasteiger partial charge in [0.15, 0.2) is 5.69 Å². The van der Waals surface area contributed by atoms with Crippen molar-refractivity contribution < 1.29 is 31.1 Å². The number of aryl methyl sites for hydroxylation is 1. The molecule has 0 aliphatic heterocycles. The minimum absolute atomic E-state index is 0.0387. The van der Waals surface area contributed by atoms with E-state index in [9.17, 15) is 31.6 Å². The van der Waals surface area contributed by atoms with Gasteiger partial charge in [0.25, 0.3) is 5.91 Å². The number of halogens is 3. The Morgan fingerprint density at radius 2 is 1.87 bits per heavy atom. The second-order valence-electron chi connectivity index (χ2n) is 10.8. The van der Waals surface area contributed by atoms with Crippen LogP contribution in [0.1, 0.15) is 68.1 Å². The van der Waals surface area contributed by atoms with Crippen molar-refractivity contribution in [3.63, 3.8) is 0 Å². The second-order valence-corrected chi connectivity index (χ2v) is 13.1. The summed E-state index contributed by atoms with van der Waals surface area (Å²) in [6.07, 6.45) is -0.954. The molecule has 1 amide bonds. The molecule has 3 rings (SSSR count). The van der Waals surface area contributed by atoms with E-state index in [1.54, 1.807) is 19.1 Å². The molecule has 39 heavy (non-hydrogen) atoms. The Labute approximate surface area is 227 Å². The number of benzene rings is 1. The molecule has 1 aromatic heterocycles. The molecule has 0 saturated heterocycles. The first-order chi connectivity index (χ1) is 18.1. The van der Waals surface area contributed by atoms with Gasteiger partial charge < -0.3 is 10.1 Å². The van der Waals surface area contributed by atoms with Crippen LogP contribution in [0.5, 0.6) is 5.75 Å². The molecule has 1 saturated carbocycles. The fourth-order valence-electron chi connectivity index (χ4n) is 4.97. The van der Waals surface area contributed by atoms with E-state index in [0.29, 0.717) is 55.6 Å².